The first-order chi connectivity index (χ1) is 7.98. The van der Waals surface area contributed by atoms with Crippen molar-refractivity contribution in [3.8, 4) is 0 Å². The molecule has 94 valence electrons. The lowest BCUT2D eigenvalue weighted by Crippen LogP contribution is -2.25. The molecular formula is C15H22O2. The fourth-order valence-electron chi connectivity index (χ4n) is 1.85. The summed E-state index contributed by atoms with van der Waals surface area (Å²) in [6.07, 6.45) is 2.44. The Hall–Kier alpha value is -1.15. The zero-order valence-corrected chi connectivity index (χ0v) is 11.2. The number of carbonyl (C=O) groups excluding carboxylic acids is 1. The monoisotopic (exact) mass is 234 g/mol. The Kier molecular flexibility index (Phi) is 4.88. The summed E-state index contributed by atoms with van der Waals surface area (Å²) < 4.78 is 5.43. The lowest BCUT2D eigenvalue weighted by molar-refractivity contribution is -0.108. The molecule has 1 aromatic carbocycles. The van der Waals surface area contributed by atoms with Gasteiger partial charge in [0.1, 0.15) is 6.29 Å². The maximum Gasteiger partial charge on any atom is 0.120 e. The van der Waals surface area contributed by atoms with Gasteiger partial charge in [-0.1, -0.05) is 31.2 Å². The summed E-state index contributed by atoms with van der Waals surface area (Å²) in [4.78, 5) is 10.5. The van der Waals surface area contributed by atoms with E-state index >= 15 is 0 Å². The molecule has 0 bridgehead atoms. The molecule has 0 aliphatic carbocycles. The molecule has 0 fully saturated rings. The van der Waals surface area contributed by atoms with Crippen LogP contribution in [-0.4, -0.2) is 19.0 Å². The molecule has 0 aliphatic heterocycles. The van der Waals surface area contributed by atoms with Crippen molar-refractivity contribution >= 4 is 6.29 Å². The van der Waals surface area contributed by atoms with Crippen LogP contribution in [0.2, 0.25) is 0 Å². The van der Waals surface area contributed by atoms with Crippen molar-refractivity contribution in [2.75, 3.05) is 7.11 Å². The molecule has 0 amide bonds. The standard InChI is InChI=1S/C15H22O2/c1-12(8-9-16)14-7-5-6-13(10-14)11-15(2,3)17-4/h5-7,9-10,12H,8,11H2,1-4H3. The van der Waals surface area contributed by atoms with Crippen LogP contribution in [0.3, 0.4) is 0 Å². The van der Waals surface area contributed by atoms with Gasteiger partial charge in [0.15, 0.2) is 0 Å². The highest BCUT2D eigenvalue weighted by Gasteiger charge is 2.17. The first kappa shape index (κ1) is 13.9. The molecule has 1 aromatic rings. The van der Waals surface area contributed by atoms with Crippen molar-refractivity contribution < 1.29 is 9.53 Å². The van der Waals surface area contributed by atoms with Crippen LogP contribution < -0.4 is 0 Å². The number of ether oxygens (including phenoxy) is 1. The molecule has 1 unspecified atom stereocenters. The molecule has 0 aliphatic rings. The van der Waals surface area contributed by atoms with E-state index in [1.807, 2.05) is 0 Å². The Morgan fingerprint density at radius 3 is 2.71 bits per heavy atom. The summed E-state index contributed by atoms with van der Waals surface area (Å²) in [6, 6.07) is 8.42. The maximum absolute atomic E-state index is 10.5. The maximum atomic E-state index is 10.5. The highest BCUT2D eigenvalue weighted by Crippen LogP contribution is 2.22. The van der Waals surface area contributed by atoms with E-state index in [0.717, 1.165) is 12.7 Å². The van der Waals surface area contributed by atoms with E-state index in [1.165, 1.54) is 11.1 Å². The topological polar surface area (TPSA) is 26.3 Å². The summed E-state index contributed by atoms with van der Waals surface area (Å²) in [5.41, 5.74) is 2.33. The fraction of sp³-hybridized carbons (Fsp3) is 0.533. The van der Waals surface area contributed by atoms with Gasteiger partial charge in [0, 0.05) is 20.0 Å². The van der Waals surface area contributed by atoms with E-state index in [4.69, 9.17) is 4.74 Å². The van der Waals surface area contributed by atoms with E-state index in [1.54, 1.807) is 7.11 Å². The normalized spacial score (nSPS) is 13.4. The number of aldehydes is 1. The zero-order valence-electron chi connectivity index (χ0n) is 11.2. The van der Waals surface area contributed by atoms with Gasteiger partial charge >= 0.3 is 0 Å². The van der Waals surface area contributed by atoms with E-state index in [0.29, 0.717) is 6.42 Å². The van der Waals surface area contributed by atoms with Gasteiger partial charge in [-0.25, -0.2) is 0 Å². The summed E-state index contributed by atoms with van der Waals surface area (Å²) >= 11 is 0. The van der Waals surface area contributed by atoms with Gasteiger partial charge in [-0.05, 0) is 30.9 Å². The summed E-state index contributed by atoms with van der Waals surface area (Å²) in [5, 5.41) is 0. The quantitative estimate of drug-likeness (QED) is 0.706. The molecule has 0 saturated carbocycles. The van der Waals surface area contributed by atoms with Gasteiger partial charge in [-0.3, -0.25) is 0 Å². The Morgan fingerprint density at radius 2 is 2.12 bits per heavy atom. The first-order valence-electron chi connectivity index (χ1n) is 6.06. The van der Waals surface area contributed by atoms with E-state index in [-0.39, 0.29) is 11.5 Å². The molecule has 2 nitrogen and oxygen atoms in total. The Labute approximate surface area is 104 Å². The van der Waals surface area contributed by atoms with Gasteiger partial charge in [-0.15, -0.1) is 0 Å². The SMILES string of the molecule is COC(C)(C)Cc1cccc(C(C)CC=O)c1. The number of methoxy groups -OCH3 is 1. The second-order valence-corrected chi connectivity index (χ2v) is 5.19. The summed E-state index contributed by atoms with van der Waals surface area (Å²) in [7, 11) is 1.73. The van der Waals surface area contributed by atoms with Crippen molar-refractivity contribution in [2.45, 2.75) is 45.1 Å². The molecule has 0 spiro atoms. The van der Waals surface area contributed by atoms with E-state index in [2.05, 4.69) is 45.0 Å². The number of hydrogen-bond donors (Lipinski definition) is 0. The summed E-state index contributed by atoms with van der Waals surface area (Å²) in [6.45, 7) is 6.23. The lowest BCUT2D eigenvalue weighted by Gasteiger charge is -2.23. The van der Waals surface area contributed by atoms with Crippen LogP contribution >= 0.6 is 0 Å². The highest BCUT2D eigenvalue weighted by atomic mass is 16.5. The largest absolute Gasteiger partial charge is 0.378 e. The van der Waals surface area contributed by atoms with Crippen LogP contribution in [0, 0.1) is 0 Å². The average Bonchev–Trinajstić information content (AvgIpc) is 2.29. The third-order valence-electron chi connectivity index (χ3n) is 3.15. The molecule has 0 radical (unpaired) electrons. The van der Waals surface area contributed by atoms with Crippen molar-refractivity contribution in [1.82, 2.24) is 0 Å². The third kappa shape index (κ3) is 4.31. The summed E-state index contributed by atoms with van der Waals surface area (Å²) in [5.74, 6) is 0.290. The minimum absolute atomic E-state index is 0.146. The van der Waals surface area contributed by atoms with Crippen LogP contribution in [0.5, 0.6) is 0 Å². The lowest BCUT2D eigenvalue weighted by atomic mass is 9.92. The molecule has 0 heterocycles. The molecular weight excluding hydrogens is 212 g/mol. The fourth-order valence-corrected chi connectivity index (χ4v) is 1.85. The zero-order chi connectivity index (χ0) is 12.9. The minimum atomic E-state index is -0.146. The predicted octanol–water partition coefficient (Wildman–Crippen LogP) is 3.35. The number of benzene rings is 1. The third-order valence-corrected chi connectivity index (χ3v) is 3.15. The van der Waals surface area contributed by atoms with Crippen molar-refractivity contribution in [1.29, 1.82) is 0 Å². The van der Waals surface area contributed by atoms with Crippen LogP contribution in [0.25, 0.3) is 0 Å². The molecule has 0 N–H and O–H groups in total. The second kappa shape index (κ2) is 5.97. The van der Waals surface area contributed by atoms with E-state index in [9.17, 15) is 4.79 Å². The van der Waals surface area contributed by atoms with Crippen LogP contribution in [-0.2, 0) is 16.0 Å². The average molecular weight is 234 g/mol. The van der Waals surface area contributed by atoms with Crippen molar-refractivity contribution in [3.05, 3.63) is 35.4 Å². The number of rotatable bonds is 6. The van der Waals surface area contributed by atoms with Crippen LogP contribution in [0.4, 0.5) is 0 Å². The molecule has 1 atom stereocenters. The van der Waals surface area contributed by atoms with Gasteiger partial charge in [0.05, 0.1) is 5.60 Å². The smallest absolute Gasteiger partial charge is 0.120 e. The van der Waals surface area contributed by atoms with Gasteiger partial charge < -0.3 is 9.53 Å². The predicted molar refractivity (Wildman–Crippen MR) is 70.3 cm³/mol. The first-order valence-corrected chi connectivity index (χ1v) is 6.06. The van der Waals surface area contributed by atoms with E-state index < -0.39 is 0 Å². The van der Waals surface area contributed by atoms with Crippen LogP contribution in [0.15, 0.2) is 24.3 Å². The number of hydrogen-bond acceptors (Lipinski definition) is 2. The molecule has 17 heavy (non-hydrogen) atoms. The van der Waals surface area contributed by atoms with Crippen LogP contribution in [0.1, 0.15) is 44.2 Å². The Balaban J connectivity index is 2.82. The molecule has 1 rings (SSSR count). The highest BCUT2D eigenvalue weighted by molar-refractivity contribution is 5.51. The Bertz CT molecular complexity index is 369. The molecule has 2 heteroatoms. The molecule has 0 saturated heterocycles. The van der Waals surface area contributed by atoms with Gasteiger partial charge in [0.2, 0.25) is 0 Å². The van der Waals surface area contributed by atoms with Gasteiger partial charge in [-0.2, -0.15) is 0 Å². The second-order valence-electron chi connectivity index (χ2n) is 5.19. The number of carbonyl (C=O) groups is 1. The van der Waals surface area contributed by atoms with Gasteiger partial charge in [0.25, 0.3) is 0 Å². The van der Waals surface area contributed by atoms with Crippen molar-refractivity contribution in [2.24, 2.45) is 0 Å². The van der Waals surface area contributed by atoms with Crippen molar-refractivity contribution in [3.63, 3.8) is 0 Å². The minimum Gasteiger partial charge on any atom is -0.378 e. The Morgan fingerprint density at radius 1 is 1.41 bits per heavy atom. The molecule has 0 aromatic heterocycles.